The zero-order valence-corrected chi connectivity index (χ0v) is 17.9. The monoisotopic (exact) mass is 420 g/mol. The molecule has 2 heterocycles. The van der Waals surface area contributed by atoms with Crippen LogP contribution in [0.25, 0.3) is 0 Å². The van der Waals surface area contributed by atoms with Crippen LogP contribution in [0, 0.1) is 12.8 Å². The first kappa shape index (κ1) is 21.1. The van der Waals surface area contributed by atoms with Gasteiger partial charge in [-0.25, -0.2) is 0 Å². The Bertz CT molecular complexity index is 976. The first-order valence-electron chi connectivity index (χ1n) is 10.9. The van der Waals surface area contributed by atoms with E-state index >= 15 is 0 Å². The number of rotatable bonds is 6. The van der Waals surface area contributed by atoms with Gasteiger partial charge in [-0.05, 0) is 56.4 Å². The van der Waals surface area contributed by atoms with Crippen LogP contribution in [0.2, 0.25) is 0 Å². The molecule has 0 radical (unpaired) electrons. The second-order valence-corrected chi connectivity index (χ2v) is 8.41. The van der Waals surface area contributed by atoms with Crippen molar-refractivity contribution < 1.29 is 19.1 Å². The van der Waals surface area contributed by atoms with Crippen molar-refractivity contribution >= 4 is 23.3 Å². The molecule has 0 aliphatic carbocycles. The van der Waals surface area contributed by atoms with E-state index in [9.17, 15) is 14.4 Å². The van der Waals surface area contributed by atoms with Crippen molar-refractivity contribution in [2.24, 2.45) is 5.92 Å². The highest BCUT2D eigenvalue weighted by atomic mass is 16.5. The number of hydrogen-bond donors (Lipinski definition) is 1. The van der Waals surface area contributed by atoms with Crippen molar-refractivity contribution in [3.8, 4) is 5.75 Å². The predicted octanol–water partition coefficient (Wildman–Crippen LogP) is 3.77. The third-order valence-corrected chi connectivity index (χ3v) is 6.09. The molecule has 2 aliphatic heterocycles. The topological polar surface area (TPSA) is 75.7 Å². The largest absolute Gasteiger partial charge is 0.482 e. The van der Waals surface area contributed by atoms with Gasteiger partial charge in [0, 0.05) is 31.0 Å². The number of carbonyl (C=O) groups excluding carboxylic acids is 3. The predicted molar refractivity (Wildman–Crippen MR) is 118 cm³/mol. The molecule has 31 heavy (non-hydrogen) atoms. The van der Waals surface area contributed by atoms with Crippen molar-refractivity contribution in [2.75, 3.05) is 25.0 Å². The average Bonchev–Trinajstić information content (AvgIpc) is 2.79. The van der Waals surface area contributed by atoms with Gasteiger partial charge in [0.05, 0.1) is 5.69 Å². The fraction of sp³-hybridized carbons (Fsp3) is 0.400. The molecule has 1 N–H and O–H groups in total. The molecule has 0 bridgehead atoms. The molecule has 2 aliphatic rings. The normalized spacial score (nSPS) is 16.3. The molecule has 2 aromatic rings. The molecular formula is C25H28N2O4. The number of ether oxygens (including phenoxy) is 1. The second kappa shape index (κ2) is 9.33. The summed E-state index contributed by atoms with van der Waals surface area (Å²) in [6.45, 7) is 3.30. The van der Waals surface area contributed by atoms with Gasteiger partial charge in [0.15, 0.2) is 12.4 Å². The molecule has 2 amide bonds. The Kier molecular flexibility index (Phi) is 6.35. The molecule has 1 fully saturated rings. The summed E-state index contributed by atoms with van der Waals surface area (Å²) < 4.78 is 5.35. The zero-order chi connectivity index (χ0) is 21.8. The van der Waals surface area contributed by atoms with Gasteiger partial charge in [-0.15, -0.1) is 0 Å². The van der Waals surface area contributed by atoms with Crippen LogP contribution in [0.3, 0.4) is 0 Å². The number of nitrogens with zero attached hydrogens (tertiary/aromatic N) is 1. The van der Waals surface area contributed by atoms with Gasteiger partial charge in [-0.3, -0.25) is 14.4 Å². The summed E-state index contributed by atoms with van der Waals surface area (Å²) in [7, 11) is 0. The Labute approximate surface area is 182 Å². The molecule has 6 nitrogen and oxygen atoms in total. The molecule has 162 valence electrons. The van der Waals surface area contributed by atoms with Crippen molar-refractivity contribution in [3.05, 3.63) is 59.2 Å². The van der Waals surface area contributed by atoms with E-state index in [-0.39, 0.29) is 30.1 Å². The Balaban J connectivity index is 1.25. The van der Waals surface area contributed by atoms with E-state index in [4.69, 9.17) is 4.74 Å². The highest BCUT2D eigenvalue weighted by molar-refractivity contribution is 6.01. The van der Waals surface area contributed by atoms with Gasteiger partial charge in [-0.2, -0.15) is 0 Å². The van der Waals surface area contributed by atoms with Crippen molar-refractivity contribution in [1.82, 2.24) is 4.90 Å². The van der Waals surface area contributed by atoms with Gasteiger partial charge >= 0.3 is 0 Å². The lowest BCUT2D eigenvalue weighted by atomic mass is 9.88. The van der Waals surface area contributed by atoms with E-state index in [2.05, 4.69) is 36.5 Å². The first-order valence-corrected chi connectivity index (χ1v) is 10.9. The lowest BCUT2D eigenvalue weighted by Gasteiger charge is -2.31. The van der Waals surface area contributed by atoms with Crippen LogP contribution >= 0.6 is 0 Å². The lowest BCUT2D eigenvalue weighted by Crippen LogP contribution is -2.40. The number of anilines is 1. The molecule has 0 atom stereocenters. The Hall–Kier alpha value is -3.15. The van der Waals surface area contributed by atoms with Crippen LogP contribution in [0.5, 0.6) is 5.75 Å². The van der Waals surface area contributed by atoms with E-state index in [1.165, 1.54) is 11.1 Å². The zero-order valence-electron chi connectivity index (χ0n) is 17.9. The number of hydrogen-bond acceptors (Lipinski definition) is 4. The summed E-state index contributed by atoms with van der Waals surface area (Å²) in [5, 5.41) is 2.75. The molecular weight excluding hydrogens is 392 g/mol. The van der Waals surface area contributed by atoms with Crippen LogP contribution in [0.1, 0.15) is 47.2 Å². The molecule has 0 aromatic heterocycles. The minimum Gasteiger partial charge on any atom is -0.482 e. The van der Waals surface area contributed by atoms with Crippen LogP contribution in [0.4, 0.5) is 5.69 Å². The number of likely N-dealkylation sites (tertiary alicyclic amines) is 1. The number of fused-ring (bicyclic) bond motifs is 1. The number of Topliss-reactive ketones (excluding diaryl/α,β-unsaturated/α-hetero) is 1. The van der Waals surface area contributed by atoms with E-state index in [1.54, 1.807) is 18.2 Å². The molecule has 2 aromatic carbocycles. The smallest absolute Gasteiger partial charge is 0.262 e. The Morgan fingerprint density at radius 3 is 2.58 bits per heavy atom. The average molecular weight is 421 g/mol. The summed E-state index contributed by atoms with van der Waals surface area (Å²) in [5.41, 5.74) is 3.62. The fourth-order valence-corrected chi connectivity index (χ4v) is 4.22. The van der Waals surface area contributed by atoms with Crippen LogP contribution in [0.15, 0.2) is 42.5 Å². The van der Waals surface area contributed by atoms with Crippen molar-refractivity contribution in [1.29, 1.82) is 0 Å². The minimum atomic E-state index is -0.216. The molecule has 0 spiro atoms. The van der Waals surface area contributed by atoms with E-state index in [1.807, 2.05) is 4.90 Å². The van der Waals surface area contributed by atoms with Crippen LogP contribution < -0.4 is 10.1 Å². The van der Waals surface area contributed by atoms with E-state index < -0.39 is 0 Å². The summed E-state index contributed by atoms with van der Waals surface area (Å²) in [5.74, 6) is 0.504. The minimum absolute atomic E-state index is 0.00218. The third kappa shape index (κ3) is 5.13. The summed E-state index contributed by atoms with van der Waals surface area (Å²) in [6, 6.07) is 13.6. The molecule has 0 saturated carbocycles. The quantitative estimate of drug-likeness (QED) is 0.722. The van der Waals surface area contributed by atoms with Crippen LogP contribution in [-0.2, 0) is 16.0 Å². The second-order valence-electron chi connectivity index (χ2n) is 8.41. The Morgan fingerprint density at radius 1 is 1.10 bits per heavy atom. The Morgan fingerprint density at radius 2 is 1.84 bits per heavy atom. The number of nitrogens with one attached hydrogen (secondary N) is 1. The molecule has 0 unspecified atom stereocenters. The van der Waals surface area contributed by atoms with Gasteiger partial charge < -0.3 is 15.0 Å². The van der Waals surface area contributed by atoms with E-state index in [0.29, 0.717) is 49.4 Å². The number of benzene rings is 2. The molecule has 4 rings (SSSR count). The van der Waals surface area contributed by atoms with Gasteiger partial charge in [0.2, 0.25) is 5.91 Å². The van der Waals surface area contributed by atoms with Crippen molar-refractivity contribution in [2.45, 2.75) is 39.0 Å². The highest BCUT2D eigenvalue weighted by Gasteiger charge is 2.28. The van der Waals surface area contributed by atoms with Gasteiger partial charge in [0.25, 0.3) is 5.91 Å². The van der Waals surface area contributed by atoms with E-state index in [0.717, 1.165) is 12.8 Å². The SMILES string of the molecule is Cc1ccc(CCCC(=O)N2CCC(C(=O)c3ccc4c(c3)NC(=O)CO4)CC2)cc1. The van der Waals surface area contributed by atoms with Gasteiger partial charge in [-0.1, -0.05) is 29.8 Å². The maximum atomic E-state index is 12.9. The summed E-state index contributed by atoms with van der Waals surface area (Å²) >= 11 is 0. The van der Waals surface area contributed by atoms with Crippen molar-refractivity contribution in [3.63, 3.8) is 0 Å². The maximum absolute atomic E-state index is 12.9. The summed E-state index contributed by atoms with van der Waals surface area (Å²) in [4.78, 5) is 38.9. The number of aryl methyl sites for hydroxylation is 2. The number of amides is 2. The molecule has 1 saturated heterocycles. The van der Waals surface area contributed by atoms with Gasteiger partial charge in [0.1, 0.15) is 5.75 Å². The number of carbonyl (C=O) groups is 3. The maximum Gasteiger partial charge on any atom is 0.262 e. The molecule has 6 heteroatoms. The fourth-order valence-electron chi connectivity index (χ4n) is 4.22. The number of ketones is 1. The highest BCUT2D eigenvalue weighted by Crippen LogP contribution is 2.31. The third-order valence-electron chi connectivity index (χ3n) is 6.09. The lowest BCUT2D eigenvalue weighted by molar-refractivity contribution is -0.132. The number of piperidine rings is 1. The standard InChI is InChI=1S/C25H28N2O4/c1-17-5-7-18(8-6-17)3-2-4-24(29)27-13-11-19(12-14-27)25(30)20-9-10-22-21(15-20)26-23(28)16-31-22/h5-10,15,19H,2-4,11-14,16H2,1H3,(H,26,28). The van der Waals surface area contributed by atoms with Crippen LogP contribution in [-0.4, -0.2) is 42.2 Å². The first-order chi connectivity index (χ1) is 15.0. The summed E-state index contributed by atoms with van der Waals surface area (Å²) in [6.07, 6.45) is 3.62.